The van der Waals surface area contributed by atoms with Crippen molar-refractivity contribution in [2.45, 2.75) is 31.8 Å². The lowest BCUT2D eigenvalue weighted by Gasteiger charge is -2.16. The van der Waals surface area contributed by atoms with E-state index in [-0.39, 0.29) is 5.75 Å². The van der Waals surface area contributed by atoms with E-state index in [0.717, 1.165) is 11.1 Å². The molecule has 0 fully saturated rings. The number of fused-ring (bicyclic) bond motifs is 1. The van der Waals surface area contributed by atoms with Crippen molar-refractivity contribution < 1.29 is 19.1 Å². The number of carbonyl (C=O) groups is 1. The van der Waals surface area contributed by atoms with Gasteiger partial charge in [0.05, 0.1) is 6.10 Å². The number of carbonyl (C=O) groups excluding carboxylic acids is 1. The van der Waals surface area contributed by atoms with Gasteiger partial charge in [-0.15, -0.1) is 6.58 Å². The molecule has 0 saturated carbocycles. The third kappa shape index (κ3) is 5.61. The molecule has 0 spiro atoms. The molecule has 0 aliphatic carbocycles. The zero-order chi connectivity index (χ0) is 22.4. The summed E-state index contributed by atoms with van der Waals surface area (Å²) in [7, 11) is 3.17. The summed E-state index contributed by atoms with van der Waals surface area (Å²) in [5.41, 5.74) is 2.11. The minimum atomic E-state index is -0.622. The molecule has 6 nitrogen and oxygen atoms in total. The first kappa shape index (κ1) is 22.3. The van der Waals surface area contributed by atoms with Gasteiger partial charge >= 0.3 is 11.7 Å². The number of allylic oxidation sites excluding steroid dienone is 1. The Hall–Kier alpha value is -3.38. The maximum Gasteiger partial charge on any atom is 0.414 e. The predicted molar refractivity (Wildman–Crippen MR) is 121 cm³/mol. The molecule has 1 heterocycles. The highest BCUT2D eigenvalue weighted by Crippen LogP contribution is 2.27. The van der Waals surface area contributed by atoms with Crippen LogP contribution in [0, 0.1) is 0 Å². The molecule has 0 aliphatic rings. The van der Waals surface area contributed by atoms with Gasteiger partial charge in [0.25, 0.3) is 0 Å². The second-order valence-corrected chi connectivity index (χ2v) is 7.65. The van der Waals surface area contributed by atoms with Gasteiger partial charge < -0.3 is 19.2 Å². The zero-order valence-electron chi connectivity index (χ0n) is 17.8. The van der Waals surface area contributed by atoms with Gasteiger partial charge in [-0.25, -0.2) is 9.59 Å². The topological polar surface area (TPSA) is 80.0 Å². The fourth-order valence-electron chi connectivity index (χ4n) is 3.40. The maximum absolute atomic E-state index is 12.9. The number of hydrogen-bond acceptors (Lipinski definition) is 5. The lowest BCUT2D eigenvalue weighted by atomic mass is 9.93. The minimum Gasteiger partial charge on any atom is -0.422 e. The van der Waals surface area contributed by atoms with E-state index in [4.69, 9.17) is 9.15 Å². The fourth-order valence-corrected chi connectivity index (χ4v) is 3.40. The molecule has 0 radical (unpaired) electrons. The molecular weight excluding hydrogens is 394 g/mol. The summed E-state index contributed by atoms with van der Waals surface area (Å²) in [6, 6.07) is 14.6. The molecule has 1 amide bonds. The molecule has 6 heteroatoms. The normalized spacial score (nSPS) is 11.8. The largest absolute Gasteiger partial charge is 0.422 e. The molecule has 31 heavy (non-hydrogen) atoms. The van der Waals surface area contributed by atoms with E-state index in [1.807, 2.05) is 30.3 Å². The highest BCUT2D eigenvalue weighted by atomic mass is 16.6. The van der Waals surface area contributed by atoms with Crippen molar-refractivity contribution in [1.29, 1.82) is 0 Å². The summed E-state index contributed by atoms with van der Waals surface area (Å²) in [5.74, 6) is 0.281. The number of hydrogen-bond donors (Lipinski definition) is 1. The Kier molecular flexibility index (Phi) is 7.26. The maximum atomic E-state index is 12.9. The Labute approximate surface area is 181 Å². The van der Waals surface area contributed by atoms with Crippen molar-refractivity contribution in [1.82, 2.24) is 4.90 Å². The number of benzene rings is 2. The summed E-state index contributed by atoms with van der Waals surface area (Å²) in [6.45, 7) is 3.70. The summed E-state index contributed by atoms with van der Waals surface area (Å²) in [6.07, 6.45) is 2.56. The average molecular weight is 421 g/mol. The molecular formula is C25H27NO5. The van der Waals surface area contributed by atoms with Gasteiger partial charge in [0.15, 0.2) is 0 Å². The van der Waals surface area contributed by atoms with Crippen LogP contribution >= 0.6 is 0 Å². The number of aliphatic hydroxyl groups is 1. The Bertz CT molecular complexity index is 1120. The smallest absolute Gasteiger partial charge is 0.414 e. The minimum absolute atomic E-state index is 0.281. The van der Waals surface area contributed by atoms with E-state index in [9.17, 15) is 14.7 Å². The average Bonchev–Trinajstić information content (AvgIpc) is 2.75. The van der Waals surface area contributed by atoms with Crippen molar-refractivity contribution in [3.63, 3.8) is 0 Å². The molecule has 1 atom stereocenters. The van der Waals surface area contributed by atoms with E-state index in [1.54, 1.807) is 32.3 Å². The van der Waals surface area contributed by atoms with E-state index < -0.39 is 17.8 Å². The van der Waals surface area contributed by atoms with E-state index in [1.165, 1.54) is 11.0 Å². The van der Waals surface area contributed by atoms with Crippen LogP contribution in [0.15, 0.2) is 70.4 Å². The zero-order valence-corrected chi connectivity index (χ0v) is 17.8. The SMILES string of the molecule is C=CCCC(O)Cc1c(Cc2ccccc2)c(=O)oc2cc(OC(=O)N(C)C)ccc12. The van der Waals surface area contributed by atoms with Gasteiger partial charge in [-0.05, 0) is 42.5 Å². The van der Waals surface area contributed by atoms with Crippen molar-refractivity contribution in [3.05, 3.63) is 88.3 Å². The predicted octanol–water partition coefficient (Wildman–Crippen LogP) is 4.31. The van der Waals surface area contributed by atoms with Crippen LogP contribution in [-0.2, 0) is 12.8 Å². The molecule has 3 aromatic rings. The highest BCUT2D eigenvalue weighted by molar-refractivity contribution is 5.83. The van der Waals surface area contributed by atoms with Crippen molar-refractivity contribution in [2.24, 2.45) is 0 Å². The highest BCUT2D eigenvalue weighted by Gasteiger charge is 2.19. The van der Waals surface area contributed by atoms with Gasteiger partial charge in [0.2, 0.25) is 0 Å². The third-order valence-corrected chi connectivity index (χ3v) is 5.03. The second kappa shape index (κ2) is 10.1. The Morgan fingerprint density at radius 3 is 2.61 bits per heavy atom. The van der Waals surface area contributed by atoms with Crippen molar-refractivity contribution >= 4 is 17.1 Å². The molecule has 2 aromatic carbocycles. The lowest BCUT2D eigenvalue weighted by molar-refractivity contribution is 0.166. The van der Waals surface area contributed by atoms with Crippen molar-refractivity contribution in [3.8, 4) is 5.75 Å². The van der Waals surface area contributed by atoms with Crippen LogP contribution in [0.5, 0.6) is 5.75 Å². The number of amides is 1. The number of aliphatic hydroxyl groups excluding tert-OH is 1. The van der Waals surface area contributed by atoms with Crippen LogP contribution in [-0.4, -0.2) is 36.3 Å². The Morgan fingerprint density at radius 1 is 1.19 bits per heavy atom. The molecule has 0 saturated heterocycles. The first-order valence-electron chi connectivity index (χ1n) is 10.2. The summed E-state index contributed by atoms with van der Waals surface area (Å²) in [4.78, 5) is 26.1. The van der Waals surface area contributed by atoms with E-state index in [2.05, 4.69) is 6.58 Å². The molecule has 1 N–H and O–H groups in total. The van der Waals surface area contributed by atoms with Crippen LogP contribution in [0.2, 0.25) is 0 Å². The first-order chi connectivity index (χ1) is 14.9. The number of rotatable bonds is 8. The van der Waals surface area contributed by atoms with Gasteiger partial charge in [-0.3, -0.25) is 0 Å². The van der Waals surface area contributed by atoms with Crippen LogP contribution in [0.25, 0.3) is 11.0 Å². The molecule has 0 bridgehead atoms. The quantitative estimate of drug-likeness (QED) is 0.433. The molecule has 1 unspecified atom stereocenters. The molecule has 162 valence electrons. The van der Waals surface area contributed by atoms with Gasteiger partial charge in [0.1, 0.15) is 11.3 Å². The summed E-state index contributed by atoms with van der Waals surface area (Å²) < 4.78 is 10.9. The first-order valence-corrected chi connectivity index (χ1v) is 10.2. The fraction of sp³-hybridized carbons (Fsp3) is 0.280. The standard InChI is InChI=1S/C25H27NO5/c1-4-5-11-18(27)15-21-20-13-12-19(30-25(29)26(2)3)16-23(20)31-24(28)22(21)14-17-9-7-6-8-10-17/h4,6-10,12-13,16,18,27H,1,5,11,14-15H2,2-3H3. The Morgan fingerprint density at radius 2 is 1.94 bits per heavy atom. The van der Waals surface area contributed by atoms with Crippen molar-refractivity contribution in [2.75, 3.05) is 14.1 Å². The summed E-state index contributed by atoms with van der Waals surface area (Å²) >= 11 is 0. The molecule has 3 rings (SSSR count). The Balaban J connectivity index is 2.07. The van der Waals surface area contributed by atoms with Crippen LogP contribution in [0.4, 0.5) is 4.79 Å². The van der Waals surface area contributed by atoms with Gasteiger partial charge in [-0.1, -0.05) is 36.4 Å². The van der Waals surface area contributed by atoms with E-state index in [0.29, 0.717) is 42.2 Å². The molecule has 1 aromatic heterocycles. The van der Waals surface area contributed by atoms with Gasteiger partial charge in [-0.2, -0.15) is 0 Å². The van der Waals surface area contributed by atoms with Gasteiger partial charge in [0, 0.05) is 37.5 Å². The van der Waals surface area contributed by atoms with Crippen LogP contribution in [0.1, 0.15) is 29.5 Å². The number of ether oxygens (including phenoxy) is 1. The lowest BCUT2D eigenvalue weighted by Crippen LogP contribution is -2.25. The number of nitrogens with zero attached hydrogens (tertiary/aromatic N) is 1. The molecule has 0 aliphatic heterocycles. The monoisotopic (exact) mass is 421 g/mol. The third-order valence-electron chi connectivity index (χ3n) is 5.03. The van der Waals surface area contributed by atoms with E-state index >= 15 is 0 Å². The second-order valence-electron chi connectivity index (χ2n) is 7.65. The van der Waals surface area contributed by atoms with Crippen LogP contribution in [0.3, 0.4) is 0 Å². The summed E-state index contributed by atoms with van der Waals surface area (Å²) in [5, 5.41) is 11.3. The van der Waals surface area contributed by atoms with Crippen LogP contribution < -0.4 is 10.4 Å².